The van der Waals surface area contributed by atoms with Crippen molar-refractivity contribution in [2.24, 2.45) is 0 Å². The van der Waals surface area contributed by atoms with Gasteiger partial charge in [-0.05, 0) is 55.5 Å². The molecule has 8 heteroatoms. The number of benzene rings is 2. The van der Waals surface area contributed by atoms with E-state index in [9.17, 15) is 9.18 Å². The predicted molar refractivity (Wildman–Crippen MR) is 96.8 cm³/mol. The lowest BCUT2D eigenvalue weighted by Crippen LogP contribution is -2.36. The van der Waals surface area contributed by atoms with Crippen molar-refractivity contribution in [3.05, 3.63) is 65.5 Å². The summed E-state index contributed by atoms with van der Waals surface area (Å²) in [5, 5.41) is 8.74. The van der Waals surface area contributed by atoms with E-state index < -0.39 is 17.8 Å². The summed E-state index contributed by atoms with van der Waals surface area (Å²) in [5.74, 6) is -0.301. The minimum absolute atomic E-state index is 0.00133. The second kappa shape index (κ2) is 10.2. The Kier molecular flexibility index (Phi) is 7.62. The van der Waals surface area contributed by atoms with Crippen LogP contribution in [0.3, 0.4) is 0 Å². The molecule has 27 heavy (non-hydrogen) atoms. The van der Waals surface area contributed by atoms with Crippen LogP contribution in [0.2, 0.25) is 0 Å². The fourth-order valence-electron chi connectivity index (χ4n) is 1.90. The van der Waals surface area contributed by atoms with E-state index in [0.717, 1.165) is 6.07 Å². The van der Waals surface area contributed by atoms with Crippen molar-refractivity contribution in [3.8, 4) is 23.3 Å². The molecule has 2 aromatic carbocycles. The maximum atomic E-state index is 13.8. The van der Waals surface area contributed by atoms with Gasteiger partial charge in [-0.15, -0.1) is 0 Å². The molecular weight excluding hydrogens is 375 g/mol. The van der Waals surface area contributed by atoms with Gasteiger partial charge in [-0.2, -0.15) is 5.26 Å². The Morgan fingerprint density at radius 1 is 1.30 bits per heavy atom. The molecule has 1 N–H and O–H groups in total. The van der Waals surface area contributed by atoms with E-state index in [4.69, 9.17) is 31.2 Å². The number of ether oxygens (including phenoxy) is 2. The first-order chi connectivity index (χ1) is 13.0. The van der Waals surface area contributed by atoms with Crippen molar-refractivity contribution in [2.45, 2.75) is 13.0 Å². The number of carbonyl (C=O) groups excluding carboxylic acids is 1. The van der Waals surface area contributed by atoms with Gasteiger partial charge >= 0.3 is 0 Å². The largest absolute Gasteiger partial charge is 0.481 e. The molecule has 2 rings (SSSR count). The fourth-order valence-corrected chi connectivity index (χ4v) is 1.98. The Bertz CT molecular complexity index is 850. The molecule has 0 aromatic heterocycles. The molecule has 0 unspecified atom stereocenters. The van der Waals surface area contributed by atoms with Gasteiger partial charge in [0.1, 0.15) is 11.5 Å². The number of hydroxylamine groups is 1. The van der Waals surface area contributed by atoms with Crippen LogP contribution in [0, 0.1) is 17.1 Å². The first-order valence-corrected chi connectivity index (χ1v) is 8.28. The van der Waals surface area contributed by atoms with Crippen LogP contribution in [0.15, 0.2) is 54.1 Å². The summed E-state index contributed by atoms with van der Waals surface area (Å²) in [6.07, 6.45) is 0.718. The highest BCUT2D eigenvalue weighted by atomic mass is 35.5. The van der Waals surface area contributed by atoms with Crippen molar-refractivity contribution in [1.82, 2.24) is 5.48 Å². The zero-order valence-electron chi connectivity index (χ0n) is 14.3. The summed E-state index contributed by atoms with van der Waals surface area (Å²) in [4.78, 5) is 16.7. The van der Waals surface area contributed by atoms with Crippen molar-refractivity contribution in [3.63, 3.8) is 0 Å². The van der Waals surface area contributed by atoms with E-state index in [-0.39, 0.29) is 17.9 Å². The molecule has 1 atom stereocenters. The van der Waals surface area contributed by atoms with Crippen molar-refractivity contribution < 1.29 is 23.5 Å². The number of halogens is 2. The number of rotatable bonds is 8. The van der Waals surface area contributed by atoms with Crippen molar-refractivity contribution >= 4 is 17.5 Å². The molecule has 0 aliphatic carbocycles. The Balaban J connectivity index is 1.91. The summed E-state index contributed by atoms with van der Waals surface area (Å²) in [6.45, 7) is 1.70. The maximum absolute atomic E-state index is 13.8. The quantitative estimate of drug-likeness (QED) is 0.543. The zero-order valence-corrected chi connectivity index (χ0v) is 15.1. The van der Waals surface area contributed by atoms with Crippen LogP contribution in [0.5, 0.6) is 17.2 Å². The zero-order chi connectivity index (χ0) is 19.6. The lowest BCUT2D eigenvalue weighted by Gasteiger charge is -2.14. The molecule has 6 nitrogen and oxygen atoms in total. The molecule has 0 radical (unpaired) electrons. The lowest BCUT2D eigenvalue weighted by atomic mass is 10.2. The van der Waals surface area contributed by atoms with Gasteiger partial charge in [-0.1, -0.05) is 11.6 Å². The van der Waals surface area contributed by atoms with Gasteiger partial charge < -0.3 is 9.47 Å². The van der Waals surface area contributed by atoms with Gasteiger partial charge in [-0.3, -0.25) is 9.63 Å². The Labute approximate surface area is 160 Å². The molecule has 0 aliphatic heterocycles. The highest BCUT2D eigenvalue weighted by Crippen LogP contribution is 2.27. The summed E-state index contributed by atoms with van der Waals surface area (Å²) in [5.41, 5.74) is 3.72. The number of hydrogen-bond donors (Lipinski definition) is 1. The molecular formula is C19H16ClFN2O4. The first kappa shape index (κ1) is 20.2. The third-order valence-electron chi connectivity index (χ3n) is 3.24. The van der Waals surface area contributed by atoms with E-state index in [1.54, 1.807) is 31.2 Å². The topological polar surface area (TPSA) is 80.6 Å². The second-order valence-electron chi connectivity index (χ2n) is 5.23. The molecule has 0 saturated carbocycles. The van der Waals surface area contributed by atoms with Crippen LogP contribution in [-0.2, 0) is 9.63 Å². The Morgan fingerprint density at radius 3 is 2.63 bits per heavy atom. The highest BCUT2D eigenvalue weighted by Gasteiger charge is 2.14. The summed E-state index contributed by atoms with van der Waals surface area (Å²) >= 11 is 5.33. The first-order valence-electron chi connectivity index (χ1n) is 7.84. The number of carbonyl (C=O) groups is 1. The van der Waals surface area contributed by atoms with Crippen LogP contribution in [0.25, 0.3) is 0 Å². The Hall–Kier alpha value is -3.08. The number of amides is 1. The molecule has 0 bridgehead atoms. The van der Waals surface area contributed by atoms with E-state index in [1.165, 1.54) is 23.7 Å². The van der Waals surface area contributed by atoms with Gasteiger partial charge in [0.25, 0.3) is 5.91 Å². The highest BCUT2D eigenvalue weighted by molar-refractivity contribution is 6.25. The normalized spacial score (nSPS) is 11.6. The second-order valence-corrected chi connectivity index (χ2v) is 5.48. The molecule has 0 aliphatic rings. The summed E-state index contributed by atoms with van der Waals surface area (Å²) in [6, 6.07) is 12.1. The van der Waals surface area contributed by atoms with Gasteiger partial charge in [0.05, 0.1) is 18.2 Å². The summed E-state index contributed by atoms with van der Waals surface area (Å²) < 4.78 is 24.8. The summed E-state index contributed by atoms with van der Waals surface area (Å²) in [7, 11) is 0. The molecule has 2 aromatic rings. The number of nitrogens with one attached hydrogen (secondary N) is 1. The van der Waals surface area contributed by atoms with E-state index >= 15 is 0 Å². The smallest absolute Gasteiger partial charge is 0.284 e. The van der Waals surface area contributed by atoms with Gasteiger partial charge in [0.2, 0.25) is 0 Å². The maximum Gasteiger partial charge on any atom is 0.284 e. The minimum atomic E-state index is -0.798. The van der Waals surface area contributed by atoms with Crippen LogP contribution >= 0.6 is 11.6 Å². The molecule has 0 spiro atoms. The monoisotopic (exact) mass is 390 g/mol. The molecule has 140 valence electrons. The molecule has 0 saturated heterocycles. The third kappa shape index (κ3) is 6.29. The predicted octanol–water partition coefficient (Wildman–Crippen LogP) is 4.06. The number of nitriles is 1. The van der Waals surface area contributed by atoms with E-state index in [0.29, 0.717) is 11.5 Å². The van der Waals surface area contributed by atoms with E-state index in [1.807, 2.05) is 6.07 Å². The van der Waals surface area contributed by atoms with Crippen molar-refractivity contribution in [2.75, 3.05) is 6.61 Å². The van der Waals surface area contributed by atoms with Crippen LogP contribution in [0.4, 0.5) is 4.39 Å². The molecule has 1 amide bonds. The van der Waals surface area contributed by atoms with Crippen LogP contribution in [-0.4, -0.2) is 18.6 Å². The molecule has 0 fully saturated rings. The van der Waals surface area contributed by atoms with Gasteiger partial charge in [-0.25, -0.2) is 9.87 Å². The SMILES string of the molecule is C[C@@H](Oc1ccc(Oc2ccc(C#N)cc2F)cc1)C(=O)NOC/C=C\Cl. The standard InChI is InChI=1S/C19H16ClFN2O4/c1-13(19(24)23-25-10-2-9-20)26-15-4-6-16(7-5-15)27-18-8-3-14(12-22)11-17(18)21/h2-9,11,13H,10H2,1H3,(H,23,24)/b9-2-/t13-/m1/s1. The third-order valence-corrected chi connectivity index (χ3v) is 3.41. The number of hydrogen-bond acceptors (Lipinski definition) is 5. The molecule has 0 heterocycles. The fraction of sp³-hybridized carbons (Fsp3) is 0.158. The van der Waals surface area contributed by atoms with Crippen LogP contribution < -0.4 is 15.0 Å². The van der Waals surface area contributed by atoms with Gasteiger partial charge in [0.15, 0.2) is 17.7 Å². The average Bonchev–Trinajstić information content (AvgIpc) is 2.68. The van der Waals surface area contributed by atoms with Crippen molar-refractivity contribution in [1.29, 1.82) is 5.26 Å². The average molecular weight is 391 g/mol. The lowest BCUT2D eigenvalue weighted by molar-refractivity contribution is -0.139. The van der Waals surface area contributed by atoms with Gasteiger partial charge in [0, 0.05) is 5.54 Å². The Morgan fingerprint density at radius 2 is 2.00 bits per heavy atom. The minimum Gasteiger partial charge on any atom is -0.481 e. The van der Waals surface area contributed by atoms with E-state index in [2.05, 4.69) is 5.48 Å². The van der Waals surface area contributed by atoms with Crippen LogP contribution in [0.1, 0.15) is 12.5 Å². The number of nitrogens with zero attached hydrogens (tertiary/aromatic N) is 1.